The lowest BCUT2D eigenvalue weighted by Gasteiger charge is -2.04. The third-order valence-corrected chi connectivity index (χ3v) is 3.81. The molecule has 0 unspecified atom stereocenters. The highest BCUT2D eigenvalue weighted by atomic mass is 35.5. The third-order valence-electron chi connectivity index (χ3n) is 3.07. The molecule has 0 fully saturated rings. The number of aromatic amines is 1. The summed E-state index contributed by atoms with van der Waals surface area (Å²) in [7, 11) is 0. The number of nitrogens with two attached hydrogens (primary N) is 1. The maximum absolute atomic E-state index is 12.2. The second-order valence-corrected chi connectivity index (χ2v) is 5.43. The summed E-state index contributed by atoms with van der Waals surface area (Å²) in [5.41, 5.74) is 8.25. The van der Waals surface area contributed by atoms with Crippen LogP contribution in [0.3, 0.4) is 0 Å². The van der Waals surface area contributed by atoms with Crippen LogP contribution in [0.2, 0.25) is 10.0 Å². The van der Waals surface area contributed by atoms with E-state index in [9.17, 15) is 4.79 Å². The number of anilines is 2. The predicted molar refractivity (Wildman–Crippen MR) is 87.1 cm³/mol. The van der Waals surface area contributed by atoms with Crippen molar-refractivity contribution in [2.45, 2.75) is 0 Å². The van der Waals surface area contributed by atoms with Gasteiger partial charge in [0.15, 0.2) is 0 Å². The quantitative estimate of drug-likeness (QED) is 0.616. The first-order valence-electron chi connectivity index (χ1n) is 6.17. The van der Waals surface area contributed by atoms with Gasteiger partial charge in [0, 0.05) is 22.3 Å². The number of hydrogen-bond acceptors (Lipinski definition) is 2. The van der Waals surface area contributed by atoms with Crippen molar-refractivity contribution in [3.63, 3.8) is 0 Å². The largest absolute Gasteiger partial charge is 0.399 e. The summed E-state index contributed by atoms with van der Waals surface area (Å²) in [5, 5.41) is 4.47. The Morgan fingerprint density at radius 1 is 1.05 bits per heavy atom. The number of hydrogen-bond donors (Lipinski definition) is 3. The minimum absolute atomic E-state index is 0.261. The van der Waals surface area contributed by atoms with Crippen molar-refractivity contribution in [3.8, 4) is 0 Å². The summed E-state index contributed by atoms with van der Waals surface area (Å²) in [6, 6.07) is 12.1. The molecule has 0 atom stereocenters. The number of benzene rings is 2. The lowest BCUT2D eigenvalue weighted by Crippen LogP contribution is -2.12. The number of nitrogen functional groups attached to an aromatic ring is 1. The molecule has 4 N–H and O–H groups in total. The van der Waals surface area contributed by atoms with Gasteiger partial charge in [-0.15, -0.1) is 0 Å². The molecule has 0 saturated carbocycles. The molecular weight excluding hydrogens is 309 g/mol. The molecule has 3 rings (SSSR count). The Hall–Kier alpha value is -2.17. The van der Waals surface area contributed by atoms with Crippen molar-refractivity contribution in [2.24, 2.45) is 0 Å². The molecule has 0 radical (unpaired) electrons. The molecule has 0 spiro atoms. The molecule has 6 heteroatoms. The van der Waals surface area contributed by atoms with Gasteiger partial charge in [0.2, 0.25) is 0 Å². The smallest absolute Gasteiger partial charge is 0.272 e. The van der Waals surface area contributed by atoms with E-state index < -0.39 is 0 Å². The maximum atomic E-state index is 12.2. The molecule has 1 aromatic heterocycles. The van der Waals surface area contributed by atoms with Crippen LogP contribution in [0, 0.1) is 0 Å². The number of fused-ring (bicyclic) bond motifs is 1. The van der Waals surface area contributed by atoms with Crippen LogP contribution in [-0.2, 0) is 0 Å². The second kappa shape index (κ2) is 5.31. The molecule has 0 aliphatic carbocycles. The van der Waals surface area contributed by atoms with Crippen LogP contribution in [0.15, 0.2) is 42.5 Å². The second-order valence-electron chi connectivity index (χ2n) is 4.61. The molecule has 4 nitrogen and oxygen atoms in total. The number of H-pyrrole nitrogens is 1. The normalized spacial score (nSPS) is 10.8. The van der Waals surface area contributed by atoms with Crippen LogP contribution < -0.4 is 11.1 Å². The highest BCUT2D eigenvalue weighted by Crippen LogP contribution is 2.25. The van der Waals surface area contributed by atoms with Crippen LogP contribution >= 0.6 is 23.2 Å². The predicted octanol–water partition coefficient (Wildman–Crippen LogP) is 4.31. The fourth-order valence-corrected chi connectivity index (χ4v) is 2.34. The molecule has 1 heterocycles. The fourth-order valence-electron chi connectivity index (χ4n) is 2.05. The van der Waals surface area contributed by atoms with Gasteiger partial charge in [-0.2, -0.15) is 0 Å². The summed E-state index contributed by atoms with van der Waals surface area (Å²) >= 11 is 11.8. The van der Waals surface area contributed by atoms with E-state index in [0.717, 1.165) is 10.9 Å². The Bertz CT molecular complexity index is 842. The Morgan fingerprint density at radius 2 is 1.86 bits per heavy atom. The zero-order chi connectivity index (χ0) is 15.0. The van der Waals surface area contributed by atoms with E-state index in [1.54, 1.807) is 30.3 Å². The van der Waals surface area contributed by atoms with E-state index in [1.165, 1.54) is 0 Å². The summed E-state index contributed by atoms with van der Waals surface area (Å²) in [4.78, 5) is 15.3. The molecule has 0 aliphatic heterocycles. The van der Waals surface area contributed by atoms with Gasteiger partial charge in [-0.3, -0.25) is 4.79 Å². The number of halogens is 2. The molecule has 0 saturated heterocycles. The number of carbonyl (C=O) groups is 1. The van der Waals surface area contributed by atoms with Gasteiger partial charge in [-0.25, -0.2) is 0 Å². The van der Waals surface area contributed by atoms with E-state index in [-0.39, 0.29) is 5.91 Å². The fraction of sp³-hybridized carbons (Fsp3) is 0. The van der Waals surface area contributed by atoms with E-state index in [4.69, 9.17) is 28.9 Å². The number of nitrogens with one attached hydrogen (secondary N) is 2. The summed E-state index contributed by atoms with van der Waals surface area (Å²) in [5.74, 6) is -0.261. The van der Waals surface area contributed by atoms with Crippen molar-refractivity contribution in [1.82, 2.24) is 4.98 Å². The summed E-state index contributed by atoms with van der Waals surface area (Å²) < 4.78 is 0. The Morgan fingerprint density at radius 3 is 2.62 bits per heavy atom. The van der Waals surface area contributed by atoms with Crippen molar-refractivity contribution in [1.29, 1.82) is 0 Å². The monoisotopic (exact) mass is 319 g/mol. The van der Waals surface area contributed by atoms with E-state index in [1.807, 2.05) is 12.1 Å². The first-order valence-corrected chi connectivity index (χ1v) is 6.93. The molecule has 2 aromatic carbocycles. The lowest BCUT2D eigenvalue weighted by atomic mass is 10.2. The van der Waals surface area contributed by atoms with Crippen molar-refractivity contribution in [3.05, 3.63) is 58.2 Å². The summed E-state index contributed by atoms with van der Waals surface area (Å²) in [6.45, 7) is 0. The van der Waals surface area contributed by atoms with Crippen LogP contribution in [0.5, 0.6) is 0 Å². The van der Waals surface area contributed by atoms with Crippen molar-refractivity contribution < 1.29 is 4.79 Å². The summed E-state index contributed by atoms with van der Waals surface area (Å²) in [6.07, 6.45) is 0. The molecule has 0 bridgehead atoms. The van der Waals surface area contributed by atoms with Gasteiger partial charge in [0.1, 0.15) is 5.69 Å². The molecular formula is C15H11Cl2N3O. The first-order chi connectivity index (χ1) is 10.0. The van der Waals surface area contributed by atoms with E-state index in [2.05, 4.69) is 10.3 Å². The maximum Gasteiger partial charge on any atom is 0.272 e. The number of rotatable bonds is 2. The highest BCUT2D eigenvalue weighted by Gasteiger charge is 2.10. The average Bonchev–Trinajstić information content (AvgIpc) is 2.86. The Labute approximate surface area is 130 Å². The standard InChI is InChI=1S/C15H11Cl2N3O/c16-11-3-2-10(7-12(11)17)19-15(21)14-6-8-5-9(18)1-4-13(8)20-14/h1-7,20H,18H2,(H,19,21). The topological polar surface area (TPSA) is 70.9 Å². The van der Waals surface area contributed by atoms with Crippen LogP contribution in [0.1, 0.15) is 10.5 Å². The van der Waals surface area contributed by atoms with Gasteiger partial charge in [-0.05, 0) is 42.5 Å². The average molecular weight is 320 g/mol. The van der Waals surface area contributed by atoms with Crippen LogP contribution in [0.25, 0.3) is 10.9 Å². The third kappa shape index (κ3) is 2.82. The van der Waals surface area contributed by atoms with E-state index in [0.29, 0.717) is 27.1 Å². The minimum atomic E-state index is -0.261. The van der Waals surface area contributed by atoms with E-state index >= 15 is 0 Å². The van der Waals surface area contributed by atoms with Crippen molar-refractivity contribution in [2.75, 3.05) is 11.1 Å². The SMILES string of the molecule is Nc1ccc2[nH]c(C(=O)Nc3ccc(Cl)c(Cl)c3)cc2c1. The van der Waals surface area contributed by atoms with Gasteiger partial charge in [0.05, 0.1) is 10.0 Å². The van der Waals surface area contributed by atoms with Gasteiger partial charge < -0.3 is 16.0 Å². The number of carbonyl (C=O) groups excluding carboxylic acids is 1. The highest BCUT2D eigenvalue weighted by molar-refractivity contribution is 6.42. The molecule has 21 heavy (non-hydrogen) atoms. The minimum Gasteiger partial charge on any atom is -0.399 e. The molecule has 0 aliphatic rings. The number of amides is 1. The Kier molecular flexibility index (Phi) is 3.49. The molecule has 3 aromatic rings. The van der Waals surface area contributed by atoms with Gasteiger partial charge >= 0.3 is 0 Å². The van der Waals surface area contributed by atoms with Crippen molar-refractivity contribution >= 4 is 51.4 Å². The first kappa shape index (κ1) is 13.8. The lowest BCUT2D eigenvalue weighted by molar-refractivity contribution is 0.102. The number of aromatic nitrogens is 1. The van der Waals surface area contributed by atoms with Gasteiger partial charge in [0.25, 0.3) is 5.91 Å². The van der Waals surface area contributed by atoms with Crippen LogP contribution in [-0.4, -0.2) is 10.9 Å². The molecule has 1 amide bonds. The Balaban J connectivity index is 1.87. The zero-order valence-corrected chi connectivity index (χ0v) is 12.3. The zero-order valence-electron chi connectivity index (χ0n) is 10.8. The molecule has 106 valence electrons. The van der Waals surface area contributed by atoms with Gasteiger partial charge in [-0.1, -0.05) is 23.2 Å². The van der Waals surface area contributed by atoms with Crippen LogP contribution in [0.4, 0.5) is 11.4 Å².